The first-order chi connectivity index (χ1) is 15.0. The Morgan fingerprint density at radius 1 is 0.968 bits per heavy atom. The van der Waals surface area contributed by atoms with Crippen molar-refractivity contribution in [1.29, 1.82) is 0 Å². The fourth-order valence-corrected chi connectivity index (χ4v) is 3.27. The van der Waals surface area contributed by atoms with Crippen molar-refractivity contribution in [2.24, 2.45) is 5.10 Å². The molecule has 2 aromatic rings. The van der Waals surface area contributed by atoms with E-state index in [9.17, 15) is 9.59 Å². The Morgan fingerprint density at radius 3 is 2.39 bits per heavy atom. The topological polar surface area (TPSA) is 80.2 Å². The molecule has 0 saturated carbocycles. The van der Waals surface area contributed by atoms with E-state index in [0.29, 0.717) is 17.2 Å². The summed E-state index contributed by atoms with van der Waals surface area (Å²) in [5, 5.41) is 4.12. The van der Waals surface area contributed by atoms with Crippen LogP contribution in [0.3, 0.4) is 0 Å². The van der Waals surface area contributed by atoms with Crippen LogP contribution < -0.4 is 14.9 Å². The van der Waals surface area contributed by atoms with Gasteiger partial charge >= 0.3 is 0 Å². The van der Waals surface area contributed by atoms with E-state index in [4.69, 9.17) is 9.47 Å². The summed E-state index contributed by atoms with van der Waals surface area (Å²) in [4.78, 5) is 26.0. The highest BCUT2D eigenvalue weighted by molar-refractivity contribution is 5.99. The molecule has 164 valence electrons. The van der Waals surface area contributed by atoms with Crippen LogP contribution in [0.1, 0.15) is 37.3 Å². The van der Waals surface area contributed by atoms with Gasteiger partial charge in [0.1, 0.15) is 11.5 Å². The van der Waals surface area contributed by atoms with Crippen molar-refractivity contribution in [2.45, 2.75) is 33.1 Å². The number of nitrogens with one attached hydrogen (secondary N) is 1. The third-order valence-electron chi connectivity index (χ3n) is 5.05. The van der Waals surface area contributed by atoms with E-state index in [-0.39, 0.29) is 25.0 Å². The molecule has 1 saturated heterocycles. The van der Waals surface area contributed by atoms with Crippen LogP contribution in [-0.4, -0.2) is 48.7 Å². The smallest absolute Gasteiger partial charge is 0.277 e. The van der Waals surface area contributed by atoms with Gasteiger partial charge in [-0.25, -0.2) is 5.43 Å². The highest BCUT2D eigenvalue weighted by Crippen LogP contribution is 2.15. The molecule has 2 amide bonds. The summed E-state index contributed by atoms with van der Waals surface area (Å²) in [6, 6.07) is 14.8. The minimum absolute atomic E-state index is 0.0251. The monoisotopic (exact) mass is 423 g/mol. The summed E-state index contributed by atoms with van der Waals surface area (Å²) >= 11 is 0. The number of nitrogens with zero attached hydrogens (tertiary/aromatic N) is 2. The predicted octanol–water partition coefficient (Wildman–Crippen LogP) is 3.31. The van der Waals surface area contributed by atoms with E-state index in [1.807, 2.05) is 42.2 Å². The highest BCUT2D eigenvalue weighted by Gasteiger charge is 2.16. The van der Waals surface area contributed by atoms with Gasteiger partial charge < -0.3 is 14.4 Å². The third kappa shape index (κ3) is 7.13. The summed E-state index contributed by atoms with van der Waals surface area (Å²) in [5.74, 6) is 0.955. The molecule has 0 radical (unpaired) electrons. The van der Waals surface area contributed by atoms with Gasteiger partial charge in [-0.05, 0) is 80.6 Å². The lowest BCUT2D eigenvalue weighted by molar-refractivity contribution is -0.134. The van der Waals surface area contributed by atoms with Crippen LogP contribution in [0, 0.1) is 6.92 Å². The summed E-state index contributed by atoms with van der Waals surface area (Å²) in [6.07, 6.45) is 3.31. The van der Waals surface area contributed by atoms with Crippen molar-refractivity contribution in [2.75, 3.05) is 26.3 Å². The molecule has 1 heterocycles. The fourth-order valence-electron chi connectivity index (χ4n) is 3.27. The van der Waals surface area contributed by atoms with Gasteiger partial charge in [0, 0.05) is 13.1 Å². The first-order valence-electron chi connectivity index (χ1n) is 10.5. The van der Waals surface area contributed by atoms with Crippen LogP contribution in [0.4, 0.5) is 0 Å². The van der Waals surface area contributed by atoms with Crippen LogP contribution in [0.5, 0.6) is 11.5 Å². The normalized spacial score (nSPS) is 14.1. The molecule has 1 N–H and O–H groups in total. The summed E-state index contributed by atoms with van der Waals surface area (Å²) in [7, 11) is 0. The molecule has 1 fully saturated rings. The molecule has 1 aliphatic heterocycles. The fraction of sp³-hybridized carbons (Fsp3) is 0.375. The van der Waals surface area contributed by atoms with Gasteiger partial charge in [0.25, 0.3) is 11.8 Å². The van der Waals surface area contributed by atoms with Crippen molar-refractivity contribution >= 4 is 17.5 Å². The first-order valence-corrected chi connectivity index (χ1v) is 10.5. The molecule has 3 rings (SSSR count). The minimum Gasteiger partial charge on any atom is -0.484 e. The lowest BCUT2D eigenvalue weighted by Crippen LogP contribution is -2.38. The van der Waals surface area contributed by atoms with Crippen molar-refractivity contribution in [3.8, 4) is 11.5 Å². The summed E-state index contributed by atoms with van der Waals surface area (Å²) in [6.45, 7) is 5.33. The zero-order valence-corrected chi connectivity index (χ0v) is 18.1. The largest absolute Gasteiger partial charge is 0.484 e. The molecule has 7 nitrogen and oxygen atoms in total. The Morgan fingerprint density at radius 2 is 1.68 bits per heavy atom. The van der Waals surface area contributed by atoms with Gasteiger partial charge in [-0.3, -0.25) is 9.59 Å². The molecule has 0 spiro atoms. The highest BCUT2D eigenvalue weighted by atomic mass is 16.5. The van der Waals surface area contributed by atoms with Gasteiger partial charge in [-0.2, -0.15) is 5.10 Å². The second kappa shape index (κ2) is 11.2. The second-order valence-corrected chi connectivity index (χ2v) is 7.59. The van der Waals surface area contributed by atoms with Crippen molar-refractivity contribution in [3.05, 3.63) is 59.7 Å². The molecule has 0 bridgehead atoms. The lowest BCUT2D eigenvalue weighted by atomic mass is 10.1. The number of carbonyl (C=O) groups excluding carboxylic acids is 2. The predicted molar refractivity (Wildman–Crippen MR) is 119 cm³/mol. The first kappa shape index (κ1) is 22.3. The Bertz CT molecular complexity index is 919. The van der Waals surface area contributed by atoms with Crippen LogP contribution >= 0.6 is 0 Å². The number of hydrazone groups is 1. The molecule has 31 heavy (non-hydrogen) atoms. The van der Waals surface area contributed by atoms with Crippen LogP contribution in [-0.2, 0) is 9.59 Å². The molecule has 1 aliphatic rings. The van der Waals surface area contributed by atoms with Gasteiger partial charge in [0.15, 0.2) is 13.2 Å². The van der Waals surface area contributed by atoms with Gasteiger partial charge in [0.05, 0.1) is 5.71 Å². The Labute approximate surface area is 183 Å². The molecule has 2 aromatic carbocycles. The van der Waals surface area contributed by atoms with E-state index in [2.05, 4.69) is 10.5 Å². The quantitative estimate of drug-likeness (QED) is 0.522. The number of likely N-dealkylation sites (tertiary alicyclic amines) is 1. The van der Waals surface area contributed by atoms with E-state index in [1.165, 1.54) is 6.42 Å². The molecule has 0 atom stereocenters. The number of amides is 2. The molecule has 7 heteroatoms. The van der Waals surface area contributed by atoms with Gasteiger partial charge in [-0.15, -0.1) is 0 Å². The summed E-state index contributed by atoms with van der Waals surface area (Å²) in [5.41, 5.74) is 5.06. The maximum absolute atomic E-state index is 12.2. The Kier molecular flexibility index (Phi) is 8.04. The summed E-state index contributed by atoms with van der Waals surface area (Å²) < 4.78 is 11.1. The number of benzene rings is 2. The minimum atomic E-state index is -0.336. The van der Waals surface area contributed by atoms with Crippen LogP contribution in [0.2, 0.25) is 0 Å². The number of hydrogen-bond acceptors (Lipinski definition) is 5. The number of hydrogen-bond donors (Lipinski definition) is 1. The van der Waals surface area contributed by atoms with Gasteiger partial charge in [-0.1, -0.05) is 12.1 Å². The molecule has 0 aromatic heterocycles. The molecular formula is C24H29N3O4. The molecule has 0 aliphatic carbocycles. The van der Waals surface area contributed by atoms with Crippen molar-refractivity contribution in [1.82, 2.24) is 10.3 Å². The zero-order chi connectivity index (χ0) is 22.1. The average molecular weight is 424 g/mol. The maximum Gasteiger partial charge on any atom is 0.277 e. The van der Waals surface area contributed by atoms with E-state index < -0.39 is 0 Å². The molecule has 0 unspecified atom stereocenters. The van der Waals surface area contributed by atoms with Gasteiger partial charge in [0.2, 0.25) is 0 Å². The van der Waals surface area contributed by atoms with E-state index in [1.54, 1.807) is 25.1 Å². The van der Waals surface area contributed by atoms with E-state index in [0.717, 1.165) is 37.1 Å². The van der Waals surface area contributed by atoms with Crippen molar-refractivity contribution < 1.29 is 19.1 Å². The van der Waals surface area contributed by atoms with E-state index >= 15 is 0 Å². The Hall–Kier alpha value is -3.35. The number of rotatable bonds is 8. The number of aryl methyl sites for hydroxylation is 1. The maximum atomic E-state index is 12.2. The lowest BCUT2D eigenvalue weighted by Gasteiger charge is -2.26. The standard InChI is InChI=1S/C24H29N3O4/c1-18-7-6-8-22(15-18)30-16-23(28)26-25-19(2)20-9-11-21(12-10-20)31-17-24(29)27-13-4-3-5-14-27/h6-12,15H,3-5,13-14,16-17H2,1-2H3,(H,26,28)/b25-19-. The Balaban J connectivity index is 1.44. The number of ether oxygens (including phenoxy) is 2. The van der Waals surface area contributed by atoms with Crippen molar-refractivity contribution in [3.63, 3.8) is 0 Å². The SMILES string of the molecule is C/C(=N/NC(=O)COc1cccc(C)c1)c1ccc(OCC(=O)N2CCCCC2)cc1. The molecular weight excluding hydrogens is 394 g/mol. The average Bonchev–Trinajstić information content (AvgIpc) is 2.80. The second-order valence-electron chi connectivity index (χ2n) is 7.59. The number of carbonyl (C=O) groups is 2. The van der Waals surface area contributed by atoms with Crippen LogP contribution in [0.25, 0.3) is 0 Å². The third-order valence-corrected chi connectivity index (χ3v) is 5.05. The van der Waals surface area contributed by atoms with Crippen LogP contribution in [0.15, 0.2) is 53.6 Å². The number of piperidine rings is 1. The zero-order valence-electron chi connectivity index (χ0n) is 18.1.